The minimum absolute atomic E-state index is 0.0849. The third-order valence-electron chi connectivity index (χ3n) is 5.62. The lowest BCUT2D eigenvalue weighted by atomic mass is 10.0. The maximum atomic E-state index is 14.8. The number of likely N-dealkylation sites (tertiary alicyclic amines) is 1. The first kappa shape index (κ1) is 23.2. The third-order valence-corrected chi connectivity index (χ3v) is 7.75. The zero-order valence-electron chi connectivity index (χ0n) is 17.5. The van der Waals surface area contributed by atoms with E-state index < -0.39 is 27.7 Å². The maximum absolute atomic E-state index is 14.8. The van der Waals surface area contributed by atoms with Crippen molar-refractivity contribution in [1.82, 2.24) is 4.90 Å². The summed E-state index contributed by atoms with van der Waals surface area (Å²) in [4.78, 5) is 14.3. The molecule has 0 spiro atoms. The molecular formula is C24H21ClF2N2O3S. The van der Waals surface area contributed by atoms with E-state index in [4.69, 9.17) is 11.6 Å². The summed E-state index contributed by atoms with van der Waals surface area (Å²) in [5, 5.41) is 0.352. The van der Waals surface area contributed by atoms with Crippen molar-refractivity contribution in [2.75, 3.05) is 17.4 Å². The van der Waals surface area contributed by atoms with Crippen LogP contribution in [0.25, 0.3) is 0 Å². The van der Waals surface area contributed by atoms with Gasteiger partial charge in [-0.1, -0.05) is 29.8 Å². The van der Waals surface area contributed by atoms with Gasteiger partial charge in [0.15, 0.2) is 0 Å². The highest BCUT2D eigenvalue weighted by molar-refractivity contribution is 7.92. The van der Waals surface area contributed by atoms with Crippen molar-refractivity contribution in [3.63, 3.8) is 0 Å². The molecule has 1 heterocycles. The third kappa shape index (κ3) is 4.86. The van der Waals surface area contributed by atoms with Gasteiger partial charge in [0, 0.05) is 35.8 Å². The Hall–Kier alpha value is -2.97. The summed E-state index contributed by atoms with van der Waals surface area (Å²) < 4.78 is 56.8. The Labute approximate surface area is 196 Å². The van der Waals surface area contributed by atoms with Gasteiger partial charge in [0.05, 0.1) is 10.6 Å². The van der Waals surface area contributed by atoms with Crippen LogP contribution in [0.2, 0.25) is 5.02 Å². The van der Waals surface area contributed by atoms with Crippen LogP contribution in [0, 0.1) is 11.6 Å². The Kier molecular flexibility index (Phi) is 6.67. The predicted octanol–water partition coefficient (Wildman–Crippen LogP) is 5.12. The van der Waals surface area contributed by atoms with Crippen molar-refractivity contribution in [3.05, 3.63) is 95.0 Å². The van der Waals surface area contributed by atoms with E-state index in [1.807, 2.05) is 6.07 Å². The molecule has 0 bridgehead atoms. The van der Waals surface area contributed by atoms with Crippen LogP contribution in [0.4, 0.5) is 14.5 Å². The van der Waals surface area contributed by atoms with E-state index in [2.05, 4.69) is 0 Å². The van der Waals surface area contributed by atoms with Gasteiger partial charge in [-0.3, -0.25) is 9.10 Å². The van der Waals surface area contributed by atoms with Gasteiger partial charge in [0.2, 0.25) is 0 Å². The smallest absolute Gasteiger partial charge is 0.264 e. The zero-order chi connectivity index (χ0) is 23.6. The molecule has 0 aromatic heterocycles. The number of sulfonamides is 1. The van der Waals surface area contributed by atoms with Crippen LogP contribution in [0.5, 0.6) is 0 Å². The fourth-order valence-electron chi connectivity index (χ4n) is 3.96. The summed E-state index contributed by atoms with van der Waals surface area (Å²) in [7, 11) is -4.24. The van der Waals surface area contributed by atoms with Crippen LogP contribution in [0.1, 0.15) is 23.2 Å². The van der Waals surface area contributed by atoms with Crippen molar-refractivity contribution in [2.24, 2.45) is 0 Å². The van der Waals surface area contributed by atoms with Crippen molar-refractivity contribution in [2.45, 2.75) is 23.8 Å². The summed E-state index contributed by atoms with van der Waals surface area (Å²) in [6.45, 7) is 0.559. The highest BCUT2D eigenvalue weighted by Gasteiger charge is 2.36. The van der Waals surface area contributed by atoms with E-state index in [-0.39, 0.29) is 42.4 Å². The molecule has 1 fully saturated rings. The summed E-state index contributed by atoms with van der Waals surface area (Å²) in [6, 6.07) is 16.4. The van der Waals surface area contributed by atoms with Crippen LogP contribution in [-0.2, 0) is 10.0 Å². The molecule has 33 heavy (non-hydrogen) atoms. The van der Waals surface area contributed by atoms with Crippen molar-refractivity contribution in [1.29, 1.82) is 0 Å². The largest absolute Gasteiger partial charge is 0.338 e. The van der Waals surface area contributed by atoms with Crippen LogP contribution >= 0.6 is 11.6 Å². The number of rotatable bonds is 5. The Morgan fingerprint density at radius 2 is 1.58 bits per heavy atom. The molecule has 4 rings (SSSR count). The summed E-state index contributed by atoms with van der Waals surface area (Å²) in [6.07, 6.45) is 0.530. The monoisotopic (exact) mass is 490 g/mol. The number of anilines is 1. The molecule has 1 amide bonds. The molecule has 1 aliphatic rings. The molecule has 5 nitrogen and oxygen atoms in total. The first-order chi connectivity index (χ1) is 15.8. The number of hydrogen-bond donors (Lipinski definition) is 0. The average Bonchev–Trinajstić information content (AvgIpc) is 2.82. The molecule has 1 aliphatic heterocycles. The molecule has 0 radical (unpaired) electrons. The molecule has 0 saturated carbocycles. The second kappa shape index (κ2) is 9.49. The molecular weight excluding hydrogens is 470 g/mol. The molecule has 0 atom stereocenters. The van der Waals surface area contributed by atoms with Crippen molar-refractivity contribution >= 4 is 33.2 Å². The SMILES string of the molecule is O=C(c1ccccc1)N1CCC(N(c2cc(F)ccc2F)S(=O)(=O)c2ccc(Cl)cc2)CC1. The fourth-order valence-corrected chi connectivity index (χ4v) is 5.80. The number of amides is 1. The lowest BCUT2D eigenvalue weighted by molar-refractivity contribution is 0.0715. The van der Waals surface area contributed by atoms with E-state index >= 15 is 0 Å². The molecule has 172 valence electrons. The highest BCUT2D eigenvalue weighted by Crippen LogP contribution is 2.33. The van der Waals surface area contributed by atoms with E-state index in [9.17, 15) is 22.0 Å². The Morgan fingerprint density at radius 3 is 2.21 bits per heavy atom. The minimum Gasteiger partial charge on any atom is -0.338 e. The van der Waals surface area contributed by atoms with E-state index in [1.165, 1.54) is 24.3 Å². The second-order valence-electron chi connectivity index (χ2n) is 7.74. The number of piperidine rings is 1. The molecule has 0 aliphatic carbocycles. The first-order valence-electron chi connectivity index (χ1n) is 10.4. The van der Waals surface area contributed by atoms with Crippen LogP contribution in [-0.4, -0.2) is 38.4 Å². The quantitative estimate of drug-likeness (QED) is 0.499. The maximum Gasteiger partial charge on any atom is 0.264 e. The number of hydrogen-bond acceptors (Lipinski definition) is 3. The number of nitrogens with zero attached hydrogens (tertiary/aromatic N) is 2. The van der Waals surface area contributed by atoms with Gasteiger partial charge in [-0.2, -0.15) is 0 Å². The summed E-state index contributed by atoms with van der Waals surface area (Å²) >= 11 is 5.89. The molecule has 0 N–H and O–H groups in total. The van der Waals surface area contributed by atoms with E-state index in [0.29, 0.717) is 10.6 Å². The van der Waals surface area contributed by atoms with Gasteiger partial charge in [-0.25, -0.2) is 17.2 Å². The van der Waals surface area contributed by atoms with E-state index in [1.54, 1.807) is 29.2 Å². The Bertz CT molecular complexity index is 1250. The van der Waals surface area contributed by atoms with Gasteiger partial charge in [0.1, 0.15) is 11.6 Å². The number of halogens is 3. The first-order valence-corrected chi connectivity index (χ1v) is 12.2. The summed E-state index contributed by atoms with van der Waals surface area (Å²) in [5.74, 6) is -1.76. The fraction of sp³-hybridized carbons (Fsp3) is 0.208. The van der Waals surface area contributed by atoms with Gasteiger partial charge in [-0.05, 0) is 61.4 Å². The highest BCUT2D eigenvalue weighted by atomic mass is 35.5. The number of benzene rings is 3. The van der Waals surface area contributed by atoms with Crippen LogP contribution < -0.4 is 4.31 Å². The normalized spacial score (nSPS) is 14.8. The lowest BCUT2D eigenvalue weighted by Gasteiger charge is -2.39. The molecule has 1 saturated heterocycles. The van der Waals surface area contributed by atoms with Crippen LogP contribution in [0.3, 0.4) is 0 Å². The molecule has 3 aromatic carbocycles. The van der Waals surface area contributed by atoms with Gasteiger partial charge in [0.25, 0.3) is 15.9 Å². The zero-order valence-corrected chi connectivity index (χ0v) is 19.1. The lowest BCUT2D eigenvalue weighted by Crippen LogP contribution is -2.49. The second-order valence-corrected chi connectivity index (χ2v) is 9.99. The molecule has 0 unspecified atom stereocenters. The van der Waals surface area contributed by atoms with Gasteiger partial charge >= 0.3 is 0 Å². The van der Waals surface area contributed by atoms with Crippen LogP contribution in [0.15, 0.2) is 77.7 Å². The predicted molar refractivity (Wildman–Crippen MR) is 123 cm³/mol. The van der Waals surface area contributed by atoms with Gasteiger partial charge in [-0.15, -0.1) is 0 Å². The van der Waals surface area contributed by atoms with Crippen molar-refractivity contribution in [3.8, 4) is 0 Å². The Balaban J connectivity index is 1.66. The Morgan fingerprint density at radius 1 is 0.939 bits per heavy atom. The van der Waals surface area contributed by atoms with E-state index in [0.717, 1.165) is 22.5 Å². The minimum atomic E-state index is -4.24. The number of carbonyl (C=O) groups excluding carboxylic acids is 1. The topological polar surface area (TPSA) is 57.7 Å². The molecule has 9 heteroatoms. The van der Waals surface area contributed by atoms with Gasteiger partial charge < -0.3 is 4.90 Å². The summed E-state index contributed by atoms with van der Waals surface area (Å²) in [5.41, 5.74) is 0.176. The van der Waals surface area contributed by atoms with Crippen molar-refractivity contribution < 1.29 is 22.0 Å². The molecule has 3 aromatic rings. The number of carbonyl (C=O) groups is 1. The average molecular weight is 491 g/mol. The standard InChI is InChI=1S/C24H21ClF2N2O3S/c25-18-6-9-21(10-7-18)33(31,32)29(23-16-19(26)8-11-22(23)27)20-12-14-28(15-13-20)24(30)17-4-2-1-3-5-17/h1-11,16,20H,12-15H2.